The van der Waals surface area contributed by atoms with Gasteiger partial charge in [0, 0.05) is 19.3 Å². The van der Waals surface area contributed by atoms with Crippen LogP contribution in [-0.4, -0.2) is 26.5 Å². The molecule has 0 amide bonds. The van der Waals surface area contributed by atoms with Crippen LogP contribution >= 0.6 is 21.8 Å². The van der Waals surface area contributed by atoms with E-state index in [1.54, 1.807) is 0 Å². The van der Waals surface area contributed by atoms with Crippen LogP contribution in [-0.2, 0) is 9.47 Å². The molecule has 0 unspecified atom stereocenters. The van der Waals surface area contributed by atoms with Gasteiger partial charge in [0.25, 0.3) is 0 Å². The largest absolute Gasteiger partial charge is 0.353 e. The van der Waals surface area contributed by atoms with Crippen LogP contribution in [0.3, 0.4) is 0 Å². The van der Waals surface area contributed by atoms with Crippen molar-refractivity contribution >= 4 is 28.8 Å². The average Bonchev–Trinajstić information content (AvgIpc) is 1.90. The van der Waals surface area contributed by atoms with Crippen LogP contribution in [0.15, 0.2) is 0 Å². The van der Waals surface area contributed by atoms with Crippen molar-refractivity contribution < 1.29 is 9.47 Å². The molecule has 0 saturated heterocycles. The minimum Gasteiger partial charge on any atom is -0.353 e. The fourth-order valence-electron chi connectivity index (χ4n) is 0.601. The smallest absolute Gasteiger partial charge is 0.155 e. The van der Waals surface area contributed by atoms with Crippen LogP contribution in [0.4, 0.5) is 0 Å². The van der Waals surface area contributed by atoms with Crippen molar-refractivity contribution in [3.05, 3.63) is 0 Å². The van der Waals surface area contributed by atoms with E-state index in [-0.39, 0.29) is 6.29 Å². The molecule has 0 bridgehead atoms. The van der Waals surface area contributed by atoms with E-state index in [0.29, 0.717) is 0 Å². The maximum Gasteiger partial charge on any atom is 0.155 e. The molecule has 0 saturated carbocycles. The van der Waals surface area contributed by atoms with Gasteiger partial charge in [-0.15, -0.1) is 21.8 Å². The molecular formula is C6H13IO2Si. The van der Waals surface area contributed by atoms with E-state index in [2.05, 4.69) is 21.8 Å². The lowest BCUT2D eigenvalue weighted by Crippen LogP contribution is -2.17. The fraction of sp³-hybridized carbons (Fsp3) is 1.00. The molecule has 0 N–H and O–H groups in total. The molecule has 0 atom stereocenters. The van der Waals surface area contributed by atoms with Gasteiger partial charge in [-0.1, -0.05) is 0 Å². The summed E-state index contributed by atoms with van der Waals surface area (Å²) in [4.78, 5) is 0. The van der Waals surface area contributed by atoms with Gasteiger partial charge >= 0.3 is 0 Å². The standard InChI is InChI=1S/C6H13IO2Si/c1-3-8-6(5-10-7)9-4-2/h6H,3-5H2,1-2H3. The van der Waals surface area contributed by atoms with Crippen molar-refractivity contribution in [2.75, 3.05) is 13.2 Å². The monoisotopic (exact) mass is 272 g/mol. The minimum atomic E-state index is 0.0326. The molecule has 0 heterocycles. The highest BCUT2D eigenvalue weighted by atomic mass is 127. The molecule has 2 nitrogen and oxygen atoms in total. The summed E-state index contributed by atoms with van der Waals surface area (Å²) in [5.74, 6) is 0. The highest BCUT2D eigenvalue weighted by molar-refractivity contribution is 14.1. The van der Waals surface area contributed by atoms with E-state index >= 15 is 0 Å². The predicted molar refractivity (Wildman–Crippen MR) is 51.6 cm³/mol. The van der Waals surface area contributed by atoms with E-state index in [4.69, 9.17) is 9.47 Å². The topological polar surface area (TPSA) is 18.5 Å². The normalized spacial score (nSPS) is 10.8. The number of hydrogen-bond donors (Lipinski definition) is 0. The first-order chi connectivity index (χ1) is 4.85. The van der Waals surface area contributed by atoms with Crippen LogP contribution in [0.25, 0.3) is 0 Å². The van der Waals surface area contributed by atoms with Gasteiger partial charge in [0.1, 0.15) is 7.02 Å². The summed E-state index contributed by atoms with van der Waals surface area (Å²) in [5.41, 5.74) is 0. The summed E-state index contributed by atoms with van der Waals surface area (Å²) in [6.45, 7) is 5.46. The van der Waals surface area contributed by atoms with Crippen LogP contribution in [0.1, 0.15) is 13.8 Å². The van der Waals surface area contributed by atoms with Gasteiger partial charge in [-0.2, -0.15) is 0 Å². The van der Waals surface area contributed by atoms with Crippen molar-refractivity contribution in [1.29, 1.82) is 0 Å². The zero-order valence-electron chi connectivity index (χ0n) is 6.39. The predicted octanol–water partition coefficient (Wildman–Crippen LogP) is 1.86. The van der Waals surface area contributed by atoms with E-state index in [9.17, 15) is 0 Å². The van der Waals surface area contributed by atoms with Gasteiger partial charge in [0.15, 0.2) is 6.29 Å². The maximum absolute atomic E-state index is 5.30. The van der Waals surface area contributed by atoms with Gasteiger partial charge in [-0.25, -0.2) is 0 Å². The Morgan fingerprint density at radius 3 is 2.10 bits per heavy atom. The second kappa shape index (κ2) is 7.97. The van der Waals surface area contributed by atoms with Gasteiger partial charge in [0.2, 0.25) is 0 Å². The fourth-order valence-corrected chi connectivity index (χ4v) is 2.04. The van der Waals surface area contributed by atoms with Gasteiger partial charge in [-0.3, -0.25) is 0 Å². The van der Waals surface area contributed by atoms with E-state index in [1.165, 1.54) is 0 Å². The minimum absolute atomic E-state index is 0.0326. The van der Waals surface area contributed by atoms with Crippen LogP contribution in [0.5, 0.6) is 0 Å². The quantitative estimate of drug-likeness (QED) is 0.318. The van der Waals surface area contributed by atoms with E-state index in [0.717, 1.165) is 26.3 Å². The molecule has 0 aromatic carbocycles. The van der Waals surface area contributed by atoms with E-state index < -0.39 is 0 Å². The lowest BCUT2D eigenvalue weighted by Gasteiger charge is -2.14. The van der Waals surface area contributed by atoms with Crippen molar-refractivity contribution in [2.24, 2.45) is 0 Å². The first-order valence-electron chi connectivity index (χ1n) is 3.41. The Balaban J connectivity index is 3.30. The highest BCUT2D eigenvalue weighted by Crippen LogP contribution is 2.02. The van der Waals surface area contributed by atoms with Crippen LogP contribution in [0, 0.1) is 0 Å². The Hall–Kier alpha value is 0.867. The molecule has 0 aliphatic heterocycles. The summed E-state index contributed by atoms with van der Waals surface area (Å²) < 4.78 is 10.6. The third-order valence-electron chi connectivity index (χ3n) is 0.949. The molecule has 4 heteroatoms. The molecule has 10 heavy (non-hydrogen) atoms. The van der Waals surface area contributed by atoms with Crippen molar-refractivity contribution in [1.82, 2.24) is 0 Å². The van der Waals surface area contributed by atoms with Gasteiger partial charge < -0.3 is 9.47 Å². The van der Waals surface area contributed by atoms with Crippen LogP contribution in [0.2, 0.25) is 6.04 Å². The van der Waals surface area contributed by atoms with Crippen molar-refractivity contribution in [2.45, 2.75) is 26.2 Å². The third-order valence-corrected chi connectivity index (χ3v) is 2.76. The lowest BCUT2D eigenvalue weighted by molar-refractivity contribution is -0.122. The molecule has 60 valence electrons. The van der Waals surface area contributed by atoms with Crippen molar-refractivity contribution in [3.63, 3.8) is 0 Å². The van der Waals surface area contributed by atoms with Gasteiger partial charge in [0.05, 0.1) is 0 Å². The zero-order chi connectivity index (χ0) is 7.82. The second-order valence-corrected chi connectivity index (χ2v) is 4.64. The Bertz CT molecular complexity index is 58.5. The highest BCUT2D eigenvalue weighted by Gasteiger charge is 2.05. The Morgan fingerprint density at radius 1 is 1.30 bits per heavy atom. The first-order valence-corrected chi connectivity index (χ1v) is 7.74. The summed E-state index contributed by atoms with van der Waals surface area (Å²) in [6.07, 6.45) is 0.0326. The Kier molecular flexibility index (Phi) is 8.66. The molecular weight excluding hydrogens is 259 g/mol. The summed E-state index contributed by atoms with van der Waals surface area (Å²) in [7, 11) is 0.878. The number of rotatable bonds is 6. The van der Waals surface area contributed by atoms with E-state index in [1.807, 2.05) is 13.8 Å². The third kappa shape index (κ3) is 5.64. The number of halogens is 1. The maximum atomic E-state index is 5.30. The lowest BCUT2D eigenvalue weighted by atomic mass is 10.7. The molecule has 2 radical (unpaired) electrons. The van der Waals surface area contributed by atoms with Gasteiger partial charge in [-0.05, 0) is 13.8 Å². The summed E-state index contributed by atoms with van der Waals surface area (Å²) in [6, 6.07) is 1.02. The average molecular weight is 272 g/mol. The molecule has 0 aliphatic carbocycles. The van der Waals surface area contributed by atoms with Crippen molar-refractivity contribution in [3.8, 4) is 0 Å². The molecule has 0 aliphatic rings. The van der Waals surface area contributed by atoms with Crippen LogP contribution < -0.4 is 0 Å². The first kappa shape index (κ1) is 10.9. The Morgan fingerprint density at radius 2 is 1.80 bits per heavy atom. The number of hydrogen-bond acceptors (Lipinski definition) is 2. The molecule has 0 fully saturated rings. The zero-order valence-corrected chi connectivity index (χ0v) is 9.55. The molecule has 0 aromatic rings. The molecule has 0 spiro atoms. The Labute approximate surface area is 77.7 Å². The SMILES string of the molecule is CCOC(C[Si]I)OCC. The summed E-state index contributed by atoms with van der Waals surface area (Å²) >= 11 is 2.35. The molecule has 0 aromatic heterocycles. The number of ether oxygens (including phenoxy) is 2. The molecule has 0 rings (SSSR count). The second-order valence-electron chi connectivity index (χ2n) is 1.68. The summed E-state index contributed by atoms with van der Waals surface area (Å²) in [5, 5.41) is 0.